The third-order valence-electron chi connectivity index (χ3n) is 5.75. The summed E-state index contributed by atoms with van der Waals surface area (Å²) < 4.78 is 45.0. The second-order valence-electron chi connectivity index (χ2n) is 8.33. The fourth-order valence-corrected chi connectivity index (χ4v) is 5.42. The van der Waals surface area contributed by atoms with E-state index in [2.05, 4.69) is 5.32 Å². The molecule has 1 heterocycles. The van der Waals surface area contributed by atoms with Crippen LogP contribution in [0, 0.1) is 6.92 Å². The fourth-order valence-electron chi connectivity index (χ4n) is 3.83. The van der Waals surface area contributed by atoms with Crippen molar-refractivity contribution >= 4 is 33.2 Å². The van der Waals surface area contributed by atoms with Gasteiger partial charge in [-0.15, -0.1) is 0 Å². The van der Waals surface area contributed by atoms with Crippen LogP contribution in [0.25, 0.3) is 0 Å². The third kappa shape index (κ3) is 5.52. The first kappa shape index (κ1) is 25.7. The number of hydrogen-bond donors (Lipinski definition) is 1. The minimum Gasteiger partial charge on any atom is -0.495 e. The van der Waals surface area contributed by atoms with Gasteiger partial charge in [-0.25, -0.2) is 8.42 Å². The van der Waals surface area contributed by atoms with Gasteiger partial charge in [0.2, 0.25) is 5.91 Å². The van der Waals surface area contributed by atoms with E-state index in [4.69, 9.17) is 25.8 Å². The van der Waals surface area contributed by atoms with Crippen LogP contribution in [0.2, 0.25) is 5.02 Å². The summed E-state index contributed by atoms with van der Waals surface area (Å²) >= 11 is 6.19. The van der Waals surface area contributed by atoms with Gasteiger partial charge in [0.05, 0.1) is 23.7 Å². The van der Waals surface area contributed by atoms with Gasteiger partial charge in [0.1, 0.15) is 25.5 Å². The second kappa shape index (κ2) is 10.7. The van der Waals surface area contributed by atoms with Crippen molar-refractivity contribution in [2.45, 2.75) is 24.8 Å². The second-order valence-corrected chi connectivity index (χ2v) is 10.6. The van der Waals surface area contributed by atoms with E-state index in [1.165, 1.54) is 25.3 Å². The minimum absolute atomic E-state index is 0.0443. The topological polar surface area (TPSA) is 94.2 Å². The predicted molar refractivity (Wildman–Crippen MR) is 138 cm³/mol. The highest BCUT2D eigenvalue weighted by molar-refractivity contribution is 7.92. The van der Waals surface area contributed by atoms with Crippen LogP contribution in [0.15, 0.2) is 65.6 Å². The van der Waals surface area contributed by atoms with Crippen molar-refractivity contribution in [3.8, 4) is 17.2 Å². The highest BCUT2D eigenvalue weighted by Gasteiger charge is 2.30. The number of anilines is 1. The SMILES string of the molecule is COc1ccc(Cl)cc1N(CC(=O)N[C@H](C)c1ccc2c(c1)OCCO2)S(=O)(=O)c1ccc(C)cc1. The molecule has 0 unspecified atom stereocenters. The van der Waals surface area contributed by atoms with Gasteiger partial charge in [-0.3, -0.25) is 9.10 Å². The number of carbonyl (C=O) groups excluding carboxylic acids is 1. The molecule has 190 valence electrons. The smallest absolute Gasteiger partial charge is 0.264 e. The van der Waals surface area contributed by atoms with Crippen molar-refractivity contribution in [1.29, 1.82) is 0 Å². The van der Waals surface area contributed by atoms with Crippen LogP contribution < -0.4 is 23.8 Å². The molecule has 0 aromatic heterocycles. The van der Waals surface area contributed by atoms with Crippen LogP contribution in [0.4, 0.5) is 5.69 Å². The molecule has 0 spiro atoms. The summed E-state index contributed by atoms with van der Waals surface area (Å²) in [5.41, 5.74) is 1.86. The van der Waals surface area contributed by atoms with Crippen molar-refractivity contribution < 1.29 is 27.4 Å². The average Bonchev–Trinajstić information content (AvgIpc) is 2.87. The van der Waals surface area contributed by atoms with Crippen molar-refractivity contribution in [2.75, 3.05) is 31.2 Å². The Morgan fingerprint density at radius 2 is 1.75 bits per heavy atom. The number of hydrogen-bond acceptors (Lipinski definition) is 6. The maximum absolute atomic E-state index is 13.7. The Bertz CT molecular complexity index is 1360. The Morgan fingerprint density at radius 3 is 2.44 bits per heavy atom. The quantitative estimate of drug-likeness (QED) is 0.461. The molecule has 1 N–H and O–H groups in total. The predicted octanol–water partition coefficient (Wildman–Crippen LogP) is 4.50. The molecule has 1 atom stereocenters. The first-order valence-corrected chi connectivity index (χ1v) is 13.1. The van der Waals surface area contributed by atoms with Crippen molar-refractivity contribution in [2.24, 2.45) is 0 Å². The number of amides is 1. The summed E-state index contributed by atoms with van der Waals surface area (Å²) in [5, 5.41) is 3.18. The number of methoxy groups -OCH3 is 1. The maximum Gasteiger partial charge on any atom is 0.264 e. The first-order chi connectivity index (χ1) is 17.2. The zero-order valence-corrected chi connectivity index (χ0v) is 21.7. The summed E-state index contributed by atoms with van der Waals surface area (Å²) in [6.45, 7) is 4.12. The fraction of sp³-hybridized carbons (Fsp3) is 0.269. The minimum atomic E-state index is -4.13. The van der Waals surface area contributed by atoms with E-state index in [0.29, 0.717) is 29.7 Å². The summed E-state index contributed by atoms with van der Waals surface area (Å²) in [6.07, 6.45) is 0. The van der Waals surface area contributed by atoms with E-state index in [9.17, 15) is 13.2 Å². The molecule has 0 aliphatic carbocycles. The van der Waals surface area contributed by atoms with Crippen LogP contribution in [0.3, 0.4) is 0 Å². The molecule has 3 aromatic carbocycles. The zero-order chi connectivity index (χ0) is 25.9. The number of ether oxygens (including phenoxy) is 3. The molecule has 0 fully saturated rings. The number of fused-ring (bicyclic) bond motifs is 1. The van der Waals surface area contributed by atoms with E-state index in [-0.39, 0.29) is 16.3 Å². The first-order valence-electron chi connectivity index (χ1n) is 11.3. The molecule has 8 nitrogen and oxygen atoms in total. The van der Waals surface area contributed by atoms with Crippen LogP contribution in [-0.2, 0) is 14.8 Å². The van der Waals surface area contributed by atoms with Gasteiger partial charge >= 0.3 is 0 Å². The lowest BCUT2D eigenvalue weighted by molar-refractivity contribution is -0.120. The molecule has 0 bridgehead atoms. The molecule has 4 rings (SSSR count). The average molecular weight is 531 g/mol. The molecule has 3 aromatic rings. The lowest BCUT2D eigenvalue weighted by Gasteiger charge is -2.27. The van der Waals surface area contributed by atoms with Crippen molar-refractivity contribution in [3.63, 3.8) is 0 Å². The molecule has 36 heavy (non-hydrogen) atoms. The van der Waals surface area contributed by atoms with E-state index in [0.717, 1.165) is 15.4 Å². The van der Waals surface area contributed by atoms with Gasteiger partial charge in [-0.05, 0) is 61.9 Å². The number of rotatable bonds is 8. The van der Waals surface area contributed by atoms with E-state index >= 15 is 0 Å². The number of aryl methyl sites for hydroxylation is 1. The lowest BCUT2D eigenvalue weighted by atomic mass is 10.1. The Morgan fingerprint density at radius 1 is 1.06 bits per heavy atom. The summed E-state index contributed by atoms with van der Waals surface area (Å²) in [6, 6.07) is 16.0. The van der Waals surface area contributed by atoms with Gasteiger partial charge in [-0.2, -0.15) is 0 Å². The Kier molecular flexibility index (Phi) is 7.61. The van der Waals surface area contributed by atoms with Crippen LogP contribution in [0.1, 0.15) is 24.1 Å². The van der Waals surface area contributed by atoms with Crippen LogP contribution in [-0.4, -0.2) is 41.2 Å². The number of benzene rings is 3. The van der Waals surface area contributed by atoms with E-state index in [1.807, 2.05) is 19.9 Å². The van der Waals surface area contributed by atoms with Gasteiger partial charge in [0.15, 0.2) is 11.5 Å². The molecule has 1 aliphatic heterocycles. The molecule has 1 amide bonds. The summed E-state index contributed by atoms with van der Waals surface area (Å²) in [4.78, 5) is 13.2. The number of carbonyl (C=O) groups is 1. The summed E-state index contributed by atoms with van der Waals surface area (Å²) in [7, 11) is -2.71. The number of sulfonamides is 1. The Balaban J connectivity index is 1.63. The van der Waals surface area contributed by atoms with Gasteiger partial charge in [-0.1, -0.05) is 35.4 Å². The van der Waals surface area contributed by atoms with E-state index in [1.54, 1.807) is 36.4 Å². The molecule has 0 radical (unpaired) electrons. The van der Waals surface area contributed by atoms with Crippen LogP contribution in [0.5, 0.6) is 17.2 Å². The Labute approximate surface area is 215 Å². The maximum atomic E-state index is 13.7. The number of nitrogens with zero attached hydrogens (tertiary/aromatic N) is 1. The molecule has 0 saturated heterocycles. The van der Waals surface area contributed by atoms with Gasteiger partial charge in [0.25, 0.3) is 10.0 Å². The Hall–Kier alpha value is -3.43. The molecular formula is C26H27ClN2O6S. The lowest BCUT2D eigenvalue weighted by Crippen LogP contribution is -2.41. The van der Waals surface area contributed by atoms with Crippen LogP contribution >= 0.6 is 11.6 Å². The van der Waals surface area contributed by atoms with Gasteiger partial charge in [0, 0.05) is 5.02 Å². The molecular weight excluding hydrogens is 504 g/mol. The number of nitrogens with one attached hydrogen (secondary N) is 1. The van der Waals surface area contributed by atoms with Crippen molar-refractivity contribution in [3.05, 3.63) is 76.8 Å². The highest BCUT2D eigenvalue weighted by Crippen LogP contribution is 2.35. The summed E-state index contributed by atoms with van der Waals surface area (Å²) in [5.74, 6) is 1.01. The highest BCUT2D eigenvalue weighted by atomic mass is 35.5. The normalized spacial score (nSPS) is 13.6. The third-order valence-corrected chi connectivity index (χ3v) is 7.76. The van der Waals surface area contributed by atoms with Gasteiger partial charge < -0.3 is 19.5 Å². The monoisotopic (exact) mass is 530 g/mol. The standard InChI is InChI=1S/C26H27ClN2O6S/c1-17-4-8-21(9-5-17)36(31,32)29(22-15-20(27)7-11-23(22)33-3)16-26(30)28-18(2)19-6-10-24-25(14-19)35-13-12-34-24/h4-11,14-15,18H,12-13,16H2,1-3H3,(H,28,30)/t18-/m1/s1. The molecule has 10 heteroatoms. The zero-order valence-electron chi connectivity index (χ0n) is 20.2. The molecule has 1 aliphatic rings. The number of halogens is 1. The largest absolute Gasteiger partial charge is 0.495 e. The molecule has 0 saturated carbocycles. The van der Waals surface area contributed by atoms with E-state index < -0.39 is 28.5 Å². The van der Waals surface area contributed by atoms with Crippen molar-refractivity contribution in [1.82, 2.24) is 5.32 Å².